The first-order valence-electron chi connectivity index (χ1n) is 7.43. The molecular weight excluding hydrogens is 252 g/mol. The van der Waals surface area contributed by atoms with Crippen LogP contribution in [0, 0.1) is 19.3 Å². The third-order valence-corrected chi connectivity index (χ3v) is 4.97. The molecule has 2 atom stereocenters. The maximum Gasteiger partial charge on any atom is 0.311 e. The molecule has 1 aromatic heterocycles. The first-order chi connectivity index (χ1) is 9.51. The van der Waals surface area contributed by atoms with Gasteiger partial charge >= 0.3 is 5.97 Å². The standard InChI is InChI=1S/C16H22N2O2/c1-11-8-12(2)17-13(9-11)10-18-7-6-16(15(19)20)5-3-4-14(16)18/h8-9,14H,3-7,10H2,1-2H3,(H,19,20)/t14-,16+/m0/s1. The first kappa shape index (κ1) is 13.6. The maximum absolute atomic E-state index is 11.7. The van der Waals surface area contributed by atoms with Crippen molar-refractivity contribution in [1.29, 1.82) is 0 Å². The van der Waals surface area contributed by atoms with E-state index in [0.29, 0.717) is 0 Å². The lowest BCUT2D eigenvalue weighted by atomic mass is 9.82. The summed E-state index contributed by atoms with van der Waals surface area (Å²) in [7, 11) is 0. The molecule has 4 nitrogen and oxygen atoms in total. The lowest BCUT2D eigenvalue weighted by molar-refractivity contribution is -0.149. The van der Waals surface area contributed by atoms with Gasteiger partial charge in [-0.3, -0.25) is 14.7 Å². The van der Waals surface area contributed by atoms with Gasteiger partial charge < -0.3 is 5.11 Å². The van der Waals surface area contributed by atoms with E-state index in [9.17, 15) is 9.90 Å². The Kier molecular flexibility index (Phi) is 3.28. The van der Waals surface area contributed by atoms with Crippen LogP contribution in [0.2, 0.25) is 0 Å². The number of nitrogens with zero attached hydrogens (tertiary/aromatic N) is 2. The topological polar surface area (TPSA) is 53.4 Å². The minimum atomic E-state index is -0.601. The third-order valence-electron chi connectivity index (χ3n) is 4.97. The van der Waals surface area contributed by atoms with E-state index in [0.717, 1.165) is 50.2 Å². The summed E-state index contributed by atoms with van der Waals surface area (Å²) >= 11 is 0. The number of aryl methyl sites for hydroxylation is 2. The molecule has 20 heavy (non-hydrogen) atoms. The van der Waals surface area contributed by atoms with Crippen molar-refractivity contribution in [2.24, 2.45) is 5.41 Å². The molecule has 0 radical (unpaired) electrons. The molecule has 2 heterocycles. The Morgan fingerprint density at radius 3 is 2.95 bits per heavy atom. The SMILES string of the molecule is Cc1cc(C)nc(CN2CC[C@]3(C(=O)O)CCC[C@H]23)c1. The van der Waals surface area contributed by atoms with E-state index >= 15 is 0 Å². The summed E-state index contributed by atoms with van der Waals surface area (Å²) in [5, 5.41) is 9.60. The zero-order chi connectivity index (χ0) is 14.3. The van der Waals surface area contributed by atoms with Crippen molar-refractivity contribution in [2.75, 3.05) is 6.54 Å². The van der Waals surface area contributed by atoms with Crippen LogP contribution in [-0.2, 0) is 11.3 Å². The molecule has 2 fully saturated rings. The molecule has 0 unspecified atom stereocenters. The highest BCUT2D eigenvalue weighted by molar-refractivity contribution is 5.76. The van der Waals surface area contributed by atoms with Gasteiger partial charge in [-0.1, -0.05) is 6.42 Å². The summed E-state index contributed by atoms with van der Waals surface area (Å²) in [5.74, 6) is -0.601. The fourth-order valence-corrected chi connectivity index (χ4v) is 4.14. The fourth-order valence-electron chi connectivity index (χ4n) is 4.14. The van der Waals surface area contributed by atoms with E-state index < -0.39 is 11.4 Å². The molecule has 1 aromatic rings. The number of aliphatic carboxylic acids is 1. The molecule has 0 aromatic carbocycles. The van der Waals surface area contributed by atoms with Gasteiger partial charge in [0, 0.05) is 24.8 Å². The van der Waals surface area contributed by atoms with Crippen LogP contribution in [0.3, 0.4) is 0 Å². The molecular formula is C16H22N2O2. The van der Waals surface area contributed by atoms with Crippen LogP contribution < -0.4 is 0 Å². The zero-order valence-corrected chi connectivity index (χ0v) is 12.2. The van der Waals surface area contributed by atoms with Crippen molar-refractivity contribution < 1.29 is 9.90 Å². The van der Waals surface area contributed by atoms with Crippen molar-refractivity contribution in [3.05, 3.63) is 29.1 Å². The van der Waals surface area contributed by atoms with Crippen LogP contribution >= 0.6 is 0 Å². The normalized spacial score (nSPS) is 29.6. The largest absolute Gasteiger partial charge is 0.481 e. The number of aromatic nitrogens is 1. The molecule has 0 bridgehead atoms. The molecule has 1 saturated heterocycles. The molecule has 2 aliphatic rings. The monoisotopic (exact) mass is 274 g/mol. The molecule has 1 aliphatic carbocycles. The minimum absolute atomic E-state index is 0.197. The van der Waals surface area contributed by atoms with E-state index in [1.54, 1.807) is 0 Å². The van der Waals surface area contributed by atoms with Gasteiger partial charge in [0.05, 0.1) is 11.1 Å². The van der Waals surface area contributed by atoms with Crippen LogP contribution in [0.4, 0.5) is 0 Å². The van der Waals surface area contributed by atoms with Gasteiger partial charge in [0.15, 0.2) is 0 Å². The Labute approximate surface area is 119 Å². The summed E-state index contributed by atoms with van der Waals surface area (Å²) in [5.41, 5.74) is 2.84. The van der Waals surface area contributed by atoms with Crippen LogP contribution in [-0.4, -0.2) is 33.5 Å². The molecule has 108 valence electrons. The summed E-state index contributed by atoms with van der Waals surface area (Å²) in [6.07, 6.45) is 3.67. The number of hydrogen-bond acceptors (Lipinski definition) is 3. The third kappa shape index (κ3) is 2.12. The summed E-state index contributed by atoms with van der Waals surface area (Å²) in [6, 6.07) is 4.38. The molecule has 1 N–H and O–H groups in total. The number of hydrogen-bond donors (Lipinski definition) is 1. The van der Waals surface area contributed by atoms with E-state index in [1.807, 2.05) is 6.92 Å². The van der Waals surface area contributed by atoms with E-state index in [-0.39, 0.29) is 6.04 Å². The number of carbonyl (C=O) groups is 1. The highest BCUT2D eigenvalue weighted by Crippen LogP contribution is 2.49. The van der Waals surface area contributed by atoms with Gasteiger partial charge in [-0.05, 0) is 50.8 Å². The summed E-state index contributed by atoms with van der Waals surface area (Å²) in [6.45, 7) is 5.75. The van der Waals surface area contributed by atoms with Crippen molar-refractivity contribution in [3.8, 4) is 0 Å². The number of carboxylic acids is 1. The van der Waals surface area contributed by atoms with Gasteiger partial charge in [0.2, 0.25) is 0 Å². The number of likely N-dealkylation sites (tertiary alicyclic amines) is 1. The first-order valence-corrected chi connectivity index (χ1v) is 7.43. The number of rotatable bonds is 3. The predicted molar refractivity (Wildman–Crippen MR) is 76.4 cm³/mol. The highest BCUT2D eigenvalue weighted by Gasteiger charge is 2.55. The lowest BCUT2D eigenvalue weighted by Crippen LogP contribution is -2.40. The van der Waals surface area contributed by atoms with Crippen molar-refractivity contribution in [2.45, 2.75) is 52.1 Å². The van der Waals surface area contributed by atoms with Gasteiger partial charge in [0.1, 0.15) is 0 Å². The molecule has 1 saturated carbocycles. The second-order valence-electron chi connectivity index (χ2n) is 6.37. The zero-order valence-electron chi connectivity index (χ0n) is 12.2. The number of fused-ring (bicyclic) bond motifs is 1. The fraction of sp³-hybridized carbons (Fsp3) is 0.625. The maximum atomic E-state index is 11.7. The Morgan fingerprint density at radius 1 is 1.45 bits per heavy atom. The highest BCUT2D eigenvalue weighted by atomic mass is 16.4. The Morgan fingerprint density at radius 2 is 2.25 bits per heavy atom. The van der Waals surface area contributed by atoms with Crippen LogP contribution in [0.5, 0.6) is 0 Å². The van der Waals surface area contributed by atoms with Crippen LogP contribution in [0.25, 0.3) is 0 Å². The predicted octanol–water partition coefficient (Wildman–Crippen LogP) is 2.53. The molecule has 1 aliphatic heterocycles. The van der Waals surface area contributed by atoms with Gasteiger partial charge in [-0.2, -0.15) is 0 Å². The average Bonchev–Trinajstić information content (AvgIpc) is 2.89. The lowest BCUT2D eigenvalue weighted by Gasteiger charge is -2.28. The average molecular weight is 274 g/mol. The second kappa shape index (κ2) is 4.85. The van der Waals surface area contributed by atoms with Gasteiger partial charge in [0.25, 0.3) is 0 Å². The van der Waals surface area contributed by atoms with Crippen molar-refractivity contribution >= 4 is 5.97 Å². The minimum Gasteiger partial charge on any atom is -0.481 e. The second-order valence-corrected chi connectivity index (χ2v) is 6.37. The number of carboxylic acid groups (broad SMARTS) is 1. The van der Waals surface area contributed by atoms with E-state index in [1.165, 1.54) is 5.56 Å². The summed E-state index contributed by atoms with van der Waals surface area (Å²) < 4.78 is 0. The van der Waals surface area contributed by atoms with Gasteiger partial charge in [-0.25, -0.2) is 0 Å². The smallest absolute Gasteiger partial charge is 0.311 e. The van der Waals surface area contributed by atoms with E-state index in [2.05, 4.69) is 28.9 Å². The van der Waals surface area contributed by atoms with Crippen molar-refractivity contribution in [3.63, 3.8) is 0 Å². The molecule has 4 heteroatoms. The quantitative estimate of drug-likeness (QED) is 0.920. The summed E-state index contributed by atoms with van der Waals surface area (Å²) in [4.78, 5) is 18.6. The number of pyridine rings is 1. The molecule has 0 spiro atoms. The Bertz CT molecular complexity index is 523. The van der Waals surface area contributed by atoms with Crippen molar-refractivity contribution in [1.82, 2.24) is 9.88 Å². The Hall–Kier alpha value is -1.42. The van der Waals surface area contributed by atoms with Gasteiger partial charge in [-0.15, -0.1) is 0 Å². The Balaban J connectivity index is 1.81. The van der Waals surface area contributed by atoms with Crippen LogP contribution in [0.1, 0.15) is 42.6 Å². The molecule has 0 amide bonds. The van der Waals surface area contributed by atoms with E-state index in [4.69, 9.17) is 0 Å². The molecule has 3 rings (SSSR count). The van der Waals surface area contributed by atoms with Crippen LogP contribution in [0.15, 0.2) is 12.1 Å².